The number of benzene rings is 1. The van der Waals surface area contributed by atoms with Crippen molar-refractivity contribution >= 4 is 6.08 Å². The average molecular weight is 135 g/mol. The van der Waals surface area contributed by atoms with Crippen molar-refractivity contribution in [2.45, 2.75) is 6.30 Å². The normalized spacial score (nSPS) is 21.1. The fraction of sp³-hybridized carbons (Fsp3) is 0.125. The molecule has 1 atom stereocenters. The molecule has 2 rings (SSSR count). The van der Waals surface area contributed by atoms with Crippen molar-refractivity contribution < 1.29 is 4.39 Å². The predicted molar refractivity (Wildman–Crippen MR) is 36.6 cm³/mol. The summed E-state index contributed by atoms with van der Waals surface area (Å²) >= 11 is 0. The second-order valence-corrected chi connectivity index (χ2v) is 2.23. The zero-order valence-corrected chi connectivity index (χ0v) is 5.29. The van der Waals surface area contributed by atoms with Crippen molar-refractivity contribution in [2.24, 2.45) is 4.99 Å². The highest BCUT2D eigenvalue weighted by atomic mass is 19.1. The molecule has 2 heteroatoms. The molecule has 0 aromatic heterocycles. The Balaban J connectivity index is 2.83. The van der Waals surface area contributed by atoms with Crippen LogP contribution in [-0.4, -0.2) is 6.30 Å². The van der Waals surface area contributed by atoms with Crippen LogP contribution in [0.2, 0.25) is 0 Å². The number of hydrogen-bond donors (Lipinski definition) is 0. The first-order valence-electron chi connectivity index (χ1n) is 3.15. The summed E-state index contributed by atoms with van der Waals surface area (Å²) in [5.41, 5.74) is 0. The van der Waals surface area contributed by atoms with Crippen molar-refractivity contribution in [3.05, 3.63) is 34.8 Å². The zero-order valence-electron chi connectivity index (χ0n) is 5.29. The van der Waals surface area contributed by atoms with Gasteiger partial charge in [0.05, 0.1) is 5.36 Å². The quantitative estimate of drug-likeness (QED) is 0.456. The molecule has 0 saturated heterocycles. The highest BCUT2D eigenvalue weighted by molar-refractivity contribution is 5.31. The number of alkyl halides is 1. The molecular formula is C8H6FN. The average Bonchev–Trinajstić information content (AvgIpc) is 2.27. The van der Waals surface area contributed by atoms with Crippen molar-refractivity contribution in [1.29, 1.82) is 0 Å². The van der Waals surface area contributed by atoms with Gasteiger partial charge in [-0.15, -0.1) is 0 Å². The second-order valence-electron chi connectivity index (χ2n) is 2.23. The maximum Gasteiger partial charge on any atom is 0.210 e. The van der Waals surface area contributed by atoms with E-state index in [1.807, 2.05) is 24.3 Å². The maximum absolute atomic E-state index is 12.5. The Morgan fingerprint density at radius 3 is 2.90 bits per heavy atom. The number of fused-ring (bicyclic) bond motifs is 1. The smallest absolute Gasteiger partial charge is 0.210 e. The van der Waals surface area contributed by atoms with Gasteiger partial charge in [0.25, 0.3) is 0 Å². The van der Waals surface area contributed by atoms with Crippen LogP contribution in [0.5, 0.6) is 0 Å². The number of halogens is 1. The van der Waals surface area contributed by atoms with Crippen LogP contribution < -0.4 is 10.6 Å². The summed E-state index contributed by atoms with van der Waals surface area (Å²) in [4.78, 5) is 3.73. The number of nitrogens with zero attached hydrogens (tertiary/aromatic N) is 1. The van der Waals surface area contributed by atoms with Gasteiger partial charge in [-0.25, -0.2) is 9.38 Å². The molecule has 0 N–H and O–H groups in total. The minimum absolute atomic E-state index is 0.759. The molecule has 1 aromatic rings. The third-order valence-electron chi connectivity index (χ3n) is 1.52. The van der Waals surface area contributed by atoms with Crippen LogP contribution in [0.25, 0.3) is 6.08 Å². The largest absolute Gasteiger partial charge is 0.244 e. The van der Waals surface area contributed by atoms with Gasteiger partial charge in [-0.3, -0.25) is 0 Å². The van der Waals surface area contributed by atoms with Gasteiger partial charge in [0.1, 0.15) is 0 Å². The molecular weight excluding hydrogens is 129 g/mol. The first-order valence-corrected chi connectivity index (χ1v) is 3.15. The molecule has 1 nitrogen and oxygen atoms in total. The first-order chi connectivity index (χ1) is 4.86. The van der Waals surface area contributed by atoms with E-state index in [2.05, 4.69) is 4.99 Å². The van der Waals surface area contributed by atoms with E-state index < -0.39 is 6.30 Å². The fourth-order valence-electron chi connectivity index (χ4n) is 1.06. The monoisotopic (exact) mass is 135 g/mol. The molecule has 10 heavy (non-hydrogen) atoms. The van der Waals surface area contributed by atoms with Crippen molar-refractivity contribution in [2.75, 3.05) is 0 Å². The summed E-state index contributed by atoms with van der Waals surface area (Å²) in [7, 11) is 0. The number of para-hydroxylation sites is 1. The van der Waals surface area contributed by atoms with Crippen LogP contribution in [0, 0.1) is 0 Å². The molecule has 1 aliphatic heterocycles. The Morgan fingerprint density at radius 1 is 1.30 bits per heavy atom. The Labute approximate surface area is 57.5 Å². The second kappa shape index (κ2) is 1.90. The van der Waals surface area contributed by atoms with E-state index >= 15 is 0 Å². The first kappa shape index (κ1) is 5.59. The molecule has 50 valence electrons. The van der Waals surface area contributed by atoms with E-state index in [1.54, 1.807) is 0 Å². The molecule has 0 saturated carbocycles. The summed E-state index contributed by atoms with van der Waals surface area (Å²) in [6, 6.07) is 7.40. The van der Waals surface area contributed by atoms with Gasteiger partial charge in [-0.1, -0.05) is 18.2 Å². The van der Waals surface area contributed by atoms with Gasteiger partial charge in [-0.05, 0) is 12.1 Å². The standard InChI is InChI=1S/C8H6FN/c9-8-5-6-3-1-2-4-7(6)10-8/h1-5,8H. The summed E-state index contributed by atoms with van der Waals surface area (Å²) in [6.45, 7) is 0. The lowest BCUT2D eigenvalue weighted by molar-refractivity contribution is 0.433. The highest BCUT2D eigenvalue weighted by Gasteiger charge is 2.03. The predicted octanol–water partition coefficient (Wildman–Crippen LogP) is 0.396. The van der Waals surface area contributed by atoms with Crippen molar-refractivity contribution in [3.63, 3.8) is 0 Å². The van der Waals surface area contributed by atoms with E-state index in [-0.39, 0.29) is 0 Å². The minimum atomic E-state index is -1.13. The third-order valence-corrected chi connectivity index (χ3v) is 1.52. The van der Waals surface area contributed by atoms with Crippen molar-refractivity contribution in [3.8, 4) is 0 Å². The SMILES string of the molecule is FC1C=c2ccccc2=N1. The maximum atomic E-state index is 12.5. The lowest BCUT2D eigenvalue weighted by Gasteiger charge is -1.81. The van der Waals surface area contributed by atoms with Crippen LogP contribution in [0.3, 0.4) is 0 Å². The van der Waals surface area contributed by atoms with Gasteiger partial charge in [0.15, 0.2) is 0 Å². The molecule has 0 aliphatic carbocycles. The van der Waals surface area contributed by atoms with E-state index in [1.165, 1.54) is 6.08 Å². The lowest BCUT2D eigenvalue weighted by Crippen LogP contribution is -2.19. The van der Waals surface area contributed by atoms with Crippen LogP contribution >= 0.6 is 0 Å². The molecule has 0 radical (unpaired) electrons. The van der Waals surface area contributed by atoms with Gasteiger partial charge < -0.3 is 0 Å². The molecule has 1 heterocycles. The van der Waals surface area contributed by atoms with Crippen LogP contribution in [-0.2, 0) is 0 Å². The Kier molecular flexibility index (Phi) is 1.07. The van der Waals surface area contributed by atoms with Crippen LogP contribution in [0.4, 0.5) is 4.39 Å². The molecule has 1 aliphatic rings. The van der Waals surface area contributed by atoms with Gasteiger partial charge in [-0.2, -0.15) is 0 Å². The van der Waals surface area contributed by atoms with E-state index in [4.69, 9.17) is 0 Å². The summed E-state index contributed by atoms with van der Waals surface area (Å²) in [5.74, 6) is 0. The van der Waals surface area contributed by atoms with Crippen LogP contribution in [0.1, 0.15) is 0 Å². The van der Waals surface area contributed by atoms with Gasteiger partial charge in [0.2, 0.25) is 6.30 Å². The molecule has 0 bridgehead atoms. The summed E-state index contributed by atoms with van der Waals surface area (Å²) in [6.07, 6.45) is 0.382. The molecule has 1 unspecified atom stereocenters. The molecule has 0 amide bonds. The number of rotatable bonds is 0. The topological polar surface area (TPSA) is 12.4 Å². The van der Waals surface area contributed by atoms with Gasteiger partial charge >= 0.3 is 0 Å². The fourth-order valence-corrected chi connectivity index (χ4v) is 1.06. The van der Waals surface area contributed by atoms with E-state index in [0.29, 0.717) is 0 Å². The van der Waals surface area contributed by atoms with E-state index in [9.17, 15) is 4.39 Å². The number of hydrogen-bond acceptors (Lipinski definition) is 1. The summed E-state index contributed by atoms with van der Waals surface area (Å²) in [5, 5.41) is 1.66. The Bertz CT molecular complexity index is 321. The van der Waals surface area contributed by atoms with Gasteiger partial charge in [0, 0.05) is 5.22 Å². The molecule has 0 spiro atoms. The summed E-state index contributed by atoms with van der Waals surface area (Å²) < 4.78 is 12.5. The molecule has 0 fully saturated rings. The highest BCUT2D eigenvalue weighted by Crippen LogP contribution is 1.95. The van der Waals surface area contributed by atoms with Crippen molar-refractivity contribution in [1.82, 2.24) is 0 Å². The van der Waals surface area contributed by atoms with Crippen LogP contribution in [0.15, 0.2) is 29.3 Å². The lowest BCUT2D eigenvalue weighted by atomic mass is 10.3. The third kappa shape index (κ3) is 0.727. The zero-order chi connectivity index (χ0) is 6.97. The minimum Gasteiger partial charge on any atom is -0.244 e. The molecule has 1 aromatic carbocycles. The van der Waals surface area contributed by atoms with E-state index in [0.717, 1.165) is 10.6 Å². The Hall–Kier alpha value is -1.18. The Morgan fingerprint density at radius 2 is 2.10 bits per heavy atom.